The Balaban J connectivity index is 2.28. The molecule has 1 aromatic heterocycles. The van der Waals surface area contributed by atoms with Crippen LogP contribution in [0.1, 0.15) is 18.4 Å². The number of hydrogen-bond donors (Lipinski definition) is 0. The third-order valence-corrected chi connectivity index (χ3v) is 4.01. The van der Waals surface area contributed by atoms with Crippen molar-refractivity contribution in [3.8, 4) is 5.88 Å². The first-order valence-electron chi connectivity index (χ1n) is 7.05. The molecule has 0 aromatic carbocycles. The van der Waals surface area contributed by atoms with Crippen LogP contribution in [0, 0.1) is 17.0 Å². The van der Waals surface area contributed by atoms with Gasteiger partial charge in [0.25, 0.3) is 0 Å². The van der Waals surface area contributed by atoms with Gasteiger partial charge in [0.2, 0.25) is 11.7 Å². The van der Waals surface area contributed by atoms with E-state index >= 15 is 0 Å². The second-order valence-corrected chi connectivity index (χ2v) is 5.60. The maximum atomic E-state index is 11.3. The van der Waals surface area contributed by atoms with E-state index in [1.54, 1.807) is 13.0 Å². The molecule has 7 heteroatoms. The molecule has 0 aliphatic carbocycles. The van der Waals surface area contributed by atoms with E-state index in [4.69, 9.17) is 4.74 Å². The summed E-state index contributed by atoms with van der Waals surface area (Å²) in [5.74, 6) is 0.866. The minimum atomic E-state index is -0.368. The summed E-state index contributed by atoms with van der Waals surface area (Å²) in [6.07, 6.45) is 1.95. The standard InChI is InChI=1S/C14H22N4O3/c1-10-9-12(18(19)20)13(15-14(10)21-4)17-7-5-11(6-8-17)16(2)3/h9,11H,5-8H2,1-4H3. The number of pyridine rings is 1. The molecular weight excluding hydrogens is 272 g/mol. The highest BCUT2D eigenvalue weighted by atomic mass is 16.6. The number of anilines is 1. The minimum Gasteiger partial charge on any atom is -0.481 e. The molecule has 0 atom stereocenters. The van der Waals surface area contributed by atoms with Crippen molar-refractivity contribution in [3.05, 3.63) is 21.7 Å². The second-order valence-electron chi connectivity index (χ2n) is 5.60. The summed E-state index contributed by atoms with van der Waals surface area (Å²) in [5, 5.41) is 11.3. The van der Waals surface area contributed by atoms with Gasteiger partial charge in [-0.2, -0.15) is 4.98 Å². The molecular formula is C14H22N4O3. The fraction of sp³-hybridized carbons (Fsp3) is 0.643. The summed E-state index contributed by atoms with van der Waals surface area (Å²) < 4.78 is 5.20. The number of methoxy groups -OCH3 is 1. The quantitative estimate of drug-likeness (QED) is 0.623. The van der Waals surface area contributed by atoms with Crippen molar-refractivity contribution in [2.24, 2.45) is 0 Å². The molecule has 116 valence electrons. The number of hydrogen-bond acceptors (Lipinski definition) is 6. The van der Waals surface area contributed by atoms with E-state index in [-0.39, 0.29) is 10.6 Å². The van der Waals surface area contributed by atoms with Gasteiger partial charge in [-0.25, -0.2) is 0 Å². The third kappa shape index (κ3) is 3.24. The lowest BCUT2D eigenvalue weighted by Gasteiger charge is -2.35. The van der Waals surface area contributed by atoms with Crippen molar-refractivity contribution in [2.75, 3.05) is 39.2 Å². The van der Waals surface area contributed by atoms with E-state index < -0.39 is 0 Å². The van der Waals surface area contributed by atoms with E-state index in [1.165, 1.54) is 7.11 Å². The fourth-order valence-corrected chi connectivity index (χ4v) is 2.74. The predicted molar refractivity (Wildman–Crippen MR) is 81.1 cm³/mol. The van der Waals surface area contributed by atoms with Crippen molar-refractivity contribution in [3.63, 3.8) is 0 Å². The highest BCUT2D eigenvalue weighted by Gasteiger charge is 2.28. The predicted octanol–water partition coefficient (Wildman–Crippen LogP) is 1.84. The molecule has 1 aromatic rings. The Kier molecular flexibility index (Phi) is 4.62. The molecule has 7 nitrogen and oxygen atoms in total. The Morgan fingerprint density at radius 2 is 2.05 bits per heavy atom. The molecule has 1 fully saturated rings. The lowest BCUT2D eigenvalue weighted by molar-refractivity contribution is -0.384. The smallest absolute Gasteiger partial charge is 0.312 e. The Labute approximate surface area is 124 Å². The molecule has 1 aliphatic heterocycles. The maximum Gasteiger partial charge on any atom is 0.312 e. The zero-order chi connectivity index (χ0) is 15.6. The number of ether oxygens (including phenoxy) is 1. The first-order valence-corrected chi connectivity index (χ1v) is 7.05. The largest absolute Gasteiger partial charge is 0.481 e. The number of piperidine rings is 1. The Hall–Kier alpha value is -1.89. The van der Waals surface area contributed by atoms with Crippen molar-refractivity contribution < 1.29 is 9.66 Å². The molecule has 0 amide bonds. The van der Waals surface area contributed by atoms with Gasteiger partial charge in [0, 0.05) is 30.8 Å². The van der Waals surface area contributed by atoms with Crippen LogP contribution in [0.3, 0.4) is 0 Å². The topological polar surface area (TPSA) is 71.7 Å². The van der Waals surface area contributed by atoms with Crippen LogP contribution in [0.5, 0.6) is 5.88 Å². The lowest BCUT2D eigenvalue weighted by atomic mass is 10.0. The van der Waals surface area contributed by atoms with Gasteiger partial charge in [-0.1, -0.05) is 0 Å². The summed E-state index contributed by atoms with van der Waals surface area (Å²) in [7, 11) is 5.66. The molecule has 0 N–H and O–H groups in total. The molecule has 0 radical (unpaired) electrons. The molecule has 2 heterocycles. The number of aromatic nitrogens is 1. The van der Waals surface area contributed by atoms with Crippen molar-refractivity contribution in [2.45, 2.75) is 25.8 Å². The molecule has 0 saturated carbocycles. The monoisotopic (exact) mass is 294 g/mol. The van der Waals surface area contributed by atoms with Gasteiger partial charge < -0.3 is 14.5 Å². The molecule has 0 unspecified atom stereocenters. The SMILES string of the molecule is COc1nc(N2CCC(N(C)C)CC2)c([N+](=O)[O-])cc1C. The van der Waals surface area contributed by atoms with Gasteiger partial charge in [-0.15, -0.1) is 0 Å². The average molecular weight is 294 g/mol. The Morgan fingerprint density at radius 3 is 2.52 bits per heavy atom. The van der Waals surface area contributed by atoms with Gasteiger partial charge in [0.15, 0.2) is 0 Å². The third-order valence-electron chi connectivity index (χ3n) is 4.01. The number of nitrogens with zero attached hydrogens (tertiary/aromatic N) is 4. The summed E-state index contributed by atoms with van der Waals surface area (Å²) >= 11 is 0. The lowest BCUT2D eigenvalue weighted by Crippen LogP contribution is -2.42. The number of aryl methyl sites for hydroxylation is 1. The fourth-order valence-electron chi connectivity index (χ4n) is 2.74. The summed E-state index contributed by atoms with van der Waals surface area (Å²) in [6.45, 7) is 3.30. The number of rotatable bonds is 4. The van der Waals surface area contributed by atoms with Crippen molar-refractivity contribution in [1.29, 1.82) is 0 Å². The zero-order valence-corrected chi connectivity index (χ0v) is 13.0. The first kappa shape index (κ1) is 15.5. The first-order chi connectivity index (χ1) is 9.93. The van der Waals surface area contributed by atoms with Crippen LogP contribution >= 0.6 is 0 Å². The molecule has 0 bridgehead atoms. The van der Waals surface area contributed by atoms with Crippen molar-refractivity contribution in [1.82, 2.24) is 9.88 Å². The second kappa shape index (κ2) is 6.26. The molecule has 0 spiro atoms. The van der Waals surface area contributed by atoms with E-state index in [1.807, 2.05) is 4.90 Å². The normalized spacial score (nSPS) is 16.3. The van der Waals surface area contributed by atoms with Crippen LogP contribution in [0.2, 0.25) is 0 Å². The highest BCUT2D eigenvalue weighted by molar-refractivity contribution is 5.61. The van der Waals surface area contributed by atoms with Gasteiger partial charge in [-0.3, -0.25) is 10.1 Å². The van der Waals surface area contributed by atoms with E-state index in [0.29, 0.717) is 23.3 Å². The molecule has 1 saturated heterocycles. The van der Waals surface area contributed by atoms with Gasteiger partial charge in [0.1, 0.15) is 0 Å². The van der Waals surface area contributed by atoms with Crippen LogP contribution in [0.15, 0.2) is 6.07 Å². The van der Waals surface area contributed by atoms with E-state index in [9.17, 15) is 10.1 Å². The zero-order valence-electron chi connectivity index (χ0n) is 13.0. The van der Waals surface area contributed by atoms with Crippen LogP contribution in [0.4, 0.5) is 11.5 Å². The van der Waals surface area contributed by atoms with Gasteiger partial charge >= 0.3 is 5.69 Å². The van der Waals surface area contributed by atoms with Crippen molar-refractivity contribution >= 4 is 11.5 Å². The highest BCUT2D eigenvalue weighted by Crippen LogP contribution is 2.33. The minimum absolute atomic E-state index is 0.0524. The average Bonchev–Trinajstić information content (AvgIpc) is 2.47. The Morgan fingerprint density at radius 1 is 1.43 bits per heavy atom. The summed E-state index contributed by atoms with van der Waals surface area (Å²) in [6, 6.07) is 2.06. The summed E-state index contributed by atoms with van der Waals surface area (Å²) in [5.41, 5.74) is 0.729. The van der Waals surface area contributed by atoms with Crippen LogP contribution < -0.4 is 9.64 Å². The number of nitro groups is 1. The molecule has 21 heavy (non-hydrogen) atoms. The van der Waals surface area contributed by atoms with Gasteiger partial charge in [0.05, 0.1) is 12.0 Å². The molecule has 1 aliphatic rings. The maximum absolute atomic E-state index is 11.3. The van der Waals surface area contributed by atoms with Crippen LogP contribution in [0.25, 0.3) is 0 Å². The van der Waals surface area contributed by atoms with Gasteiger partial charge in [-0.05, 0) is 33.9 Å². The van der Waals surface area contributed by atoms with Crippen LogP contribution in [-0.4, -0.2) is 55.1 Å². The summed E-state index contributed by atoms with van der Waals surface area (Å²) in [4.78, 5) is 19.5. The van der Waals surface area contributed by atoms with E-state index in [0.717, 1.165) is 25.9 Å². The Bertz CT molecular complexity index is 525. The van der Waals surface area contributed by atoms with E-state index in [2.05, 4.69) is 24.0 Å². The molecule has 2 rings (SSSR count). The van der Waals surface area contributed by atoms with Crippen LogP contribution in [-0.2, 0) is 0 Å².